The first-order chi connectivity index (χ1) is 10.5. The molecule has 0 radical (unpaired) electrons. The highest BCUT2D eigenvalue weighted by Crippen LogP contribution is 2.22. The van der Waals surface area contributed by atoms with E-state index < -0.39 is 0 Å². The first-order valence-electron chi connectivity index (χ1n) is 7.67. The Labute approximate surface area is 130 Å². The number of nitrogens with one attached hydrogen (secondary N) is 1. The zero-order chi connectivity index (χ0) is 16.1. The fourth-order valence-electron chi connectivity index (χ4n) is 2.31. The molecule has 1 aromatic heterocycles. The van der Waals surface area contributed by atoms with Crippen LogP contribution in [0.1, 0.15) is 39.4 Å². The summed E-state index contributed by atoms with van der Waals surface area (Å²) in [6, 6.07) is 1.27. The van der Waals surface area contributed by atoms with Crippen molar-refractivity contribution >= 4 is 17.8 Å². The van der Waals surface area contributed by atoms with E-state index in [1.54, 1.807) is 6.07 Å². The van der Waals surface area contributed by atoms with Gasteiger partial charge in [-0.25, -0.2) is 4.79 Å². The van der Waals surface area contributed by atoms with Crippen LogP contribution < -0.4 is 10.2 Å². The van der Waals surface area contributed by atoms with Crippen LogP contribution in [0.4, 0.5) is 10.6 Å². The Balaban J connectivity index is 2.00. The molecular weight excluding hydrogens is 286 g/mol. The fourth-order valence-corrected chi connectivity index (χ4v) is 2.31. The minimum absolute atomic E-state index is 0.142. The van der Waals surface area contributed by atoms with E-state index in [0.717, 1.165) is 25.0 Å². The molecule has 1 fully saturated rings. The lowest BCUT2D eigenvalue weighted by Gasteiger charge is -2.19. The van der Waals surface area contributed by atoms with Gasteiger partial charge < -0.3 is 14.6 Å². The van der Waals surface area contributed by atoms with E-state index in [0.29, 0.717) is 18.3 Å². The van der Waals surface area contributed by atoms with E-state index in [1.807, 2.05) is 0 Å². The van der Waals surface area contributed by atoms with Gasteiger partial charge >= 0.3 is 12.0 Å². The van der Waals surface area contributed by atoms with Gasteiger partial charge in [-0.1, -0.05) is 25.4 Å². The molecule has 0 saturated carbocycles. The van der Waals surface area contributed by atoms with Gasteiger partial charge in [-0.15, -0.1) is 0 Å². The van der Waals surface area contributed by atoms with Crippen LogP contribution in [-0.4, -0.2) is 36.4 Å². The minimum Gasteiger partial charge on any atom is -0.464 e. The first kappa shape index (κ1) is 16.3. The maximum Gasteiger partial charge on any atom is 0.323 e. The normalized spacial score (nSPS) is 19.1. The number of aromatic nitrogens is 1. The van der Waals surface area contributed by atoms with Crippen LogP contribution in [0.15, 0.2) is 10.6 Å². The number of aryl methyl sites for hydroxylation is 1. The Kier molecular flexibility index (Phi) is 5.41. The van der Waals surface area contributed by atoms with Gasteiger partial charge in [0, 0.05) is 26.0 Å². The van der Waals surface area contributed by atoms with E-state index in [-0.39, 0.29) is 24.6 Å². The summed E-state index contributed by atoms with van der Waals surface area (Å²) in [6.07, 6.45) is 2.94. The number of hydrogen-bond donors (Lipinski definition) is 1. The van der Waals surface area contributed by atoms with Crippen LogP contribution in [0.25, 0.3) is 0 Å². The predicted octanol–water partition coefficient (Wildman–Crippen LogP) is 2.11. The quantitative estimate of drug-likeness (QED) is 0.780. The molecule has 2 heterocycles. The highest BCUT2D eigenvalue weighted by molar-refractivity contribution is 5.94. The summed E-state index contributed by atoms with van der Waals surface area (Å²) in [6.45, 7) is 6.26. The number of amides is 2. The third kappa shape index (κ3) is 3.99. The number of urea groups is 1. The van der Waals surface area contributed by atoms with Gasteiger partial charge in [0.25, 0.3) is 0 Å². The summed E-state index contributed by atoms with van der Waals surface area (Å²) in [5.74, 6) is 1.49. The second-order valence-electron chi connectivity index (χ2n) is 5.72. The van der Waals surface area contributed by atoms with Crippen LogP contribution in [0, 0.1) is 5.92 Å². The highest BCUT2D eigenvalue weighted by atomic mass is 16.5. The molecule has 1 saturated heterocycles. The number of rotatable bonds is 7. The van der Waals surface area contributed by atoms with Crippen LogP contribution in [0.2, 0.25) is 0 Å². The third-order valence-corrected chi connectivity index (χ3v) is 3.93. The van der Waals surface area contributed by atoms with Gasteiger partial charge in [-0.05, 0) is 12.3 Å². The van der Waals surface area contributed by atoms with E-state index in [4.69, 9.17) is 9.26 Å². The lowest BCUT2D eigenvalue weighted by molar-refractivity contribution is -0.141. The van der Waals surface area contributed by atoms with E-state index in [1.165, 1.54) is 11.8 Å². The molecule has 1 N–H and O–H groups in total. The van der Waals surface area contributed by atoms with Gasteiger partial charge in [0.1, 0.15) is 12.4 Å². The molecule has 2 amide bonds. The molecule has 0 bridgehead atoms. The first-order valence-corrected chi connectivity index (χ1v) is 7.67. The molecule has 7 nitrogen and oxygen atoms in total. The lowest BCUT2D eigenvalue weighted by atomic mass is 10.0. The monoisotopic (exact) mass is 309 g/mol. The minimum atomic E-state index is -0.367. The number of hydrogen-bond acceptors (Lipinski definition) is 5. The Morgan fingerprint density at radius 2 is 2.41 bits per heavy atom. The van der Waals surface area contributed by atoms with Crippen molar-refractivity contribution in [2.45, 2.75) is 46.1 Å². The number of nitrogens with zero attached hydrogens (tertiary/aromatic N) is 2. The molecule has 122 valence electrons. The number of ether oxygens (including phenoxy) is 1. The predicted molar refractivity (Wildman–Crippen MR) is 80.6 cm³/mol. The molecular formula is C15H23N3O4. The van der Waals surface area contributed by atoms with Gasteiger partial charge in [0.15, 0.2) is 5.82 Å². The second-order valence-corrected chi connectivity index (χ2v) is 5.72. The Bertz CT molecular complexity index is 529. The molecule has 1 aliphatic heterocycles. The Hall–Kier alpha value is -2.05. The summed E-state index contributed by atoms with van der Waals surface area (Å²) >= 11 is 0. The number of esters is 1. The molecule has 0 aliphatic carbocycles. The van der Waals surface area contributed by atoms with Crippen LogP contribution >= 0.6 is 0 Å². The summed E-state index contributed by atoms with van der Waals surface area (Å²) in [7, 11) is 0. The smallest absolute Gasteiger partial charge is 0.323 e. The van der Waals surface area contributed by atoms with Crippen LogP contribution in [-0.2, 0) is 16.0 Å². The molecule has 7 heteroatoms. The van der Waals surface area contributed by atoms with E-state index in [9.17, 15) is 9.59 Å². The van der Waals surface area contributed by atoms with Crippen LogP contribution in [0.3, 0.4) is 0 Å². The summed E-state index contributed by atoms with van der Waals surface area (Å²) in [5, 5.41) is 6.70. The zero-order valence-electron chi connectivity index (χ0n) is 13.3. The van der Waals surface area contributed by atoms with Gasteiger partial charge in [0.05, 0.1) is 6.04 Å². The molecule has 2 rings (SSSR count). The number of carbonyl (C=O) groups is 2. The van der Waals surface area contributed by atoms with Crippen molar-refractivity contribution in [2.24, 2.45) is 5.92 Å². The van der Waals surface area contributed by atoms with Crippen molar-refractivity contribution in [3.8, 4) is 0 Å². The van der Waals surface area contributed by atoms with Gasteiger partial charge in [0.2, 0.25) is 0 Å². The summed E-state index contributed by atoms with van der Waals surface area (Å²) in [4.78, 5) is 24.4. The molecule has 1 aliphatic rings. The standard InChI is InChI=1S/C15H23N3O4/c1-4-10(2)5-6-13-7-14(17-22-13)18-12(8-16-15(18)20)9-21-11(3)19/h7,10,12H,4-6,8-9H2,1-3H3,(H,16,20). The maximum absolute atomic E-state index is 11.9. The topological polar surface area (TPSA) is 84.7 Å². The molecule has 2 atom stereocenters. The van der Waals surface area contributed by atoms with Gasteiger partial charge in [-0.3, -0.25) is 9.69 Å². The molecule has 2 unspecified atom stereocenters. The van der Waals surface area contributed by atoms with Crippen molar-refractivity contribution < 1.29 is 18.8 Å². The van der Waals surface area contributed by atoms with Crippen molar-refractivity contribution in [1.29, 1.82) is 0 Å². The van der Waals surface area contributed by atoms with Crippen LogP contribution in [0.5, 0.6) is 0 Å². The number of carbonyl (C=O) groups excluding carboxylic acids is 2. The largest absolute Gasteiger partial charge is 0.464 e. The van der Waals surface area contributed by atoms with Crippen molar-refractivity contribution in [2.75, 3.05) is 18.1 Å². The SMILES string of the molecule is CCC(C)CCc1cc(N2C(=O)NCC2COC(C)=O)no1. The van der Waals surface area contributed by atoms with Gasteiger partial charge in [-0.2, -0.15) is 0 Å². The average Bonchev–Trinajstić information content (AvgIpc) is 3.08. The molecule has 0 spiro atoms. The molecule has 1 aromatic rings. The zero-order valence-corrected chi connectivity index (χ0v) is 13.3. The number of anilines is 1. The van der Waals surface area contributed by atoms with Crippen molar-refractivity contribution in [3.05, 3.63) is 11.8 Å². The summed E-state index contributed by atoms with van der Waals surface area (Å²) < 4.78 is 10.3. The Morgan fingerprint density at radius 1 is 1.64 bits per heavy atom. The molecule has 22 heavy (non-hydrogen) atoms. The maximum atomic E-state index is 11.9. The third-order valence-electron chi connectivity index (χ3n) is 3.93. The van der Waals surface area contributed by atoms with Crippen molar-refractivity contribution in [3.63, 3.8) is 0 Å². The van der Waals surface area contributed by atoms with E-state index >= 15 is 0 Å². The Morgan fingerprint density at radius 3 is 3.09 bits per heavy atom. The molecule has 0 aromatic carbocycles. The second kappa shape index (κ2) is 7.29. The lowest BCUT2D eigenvalue weighted by Crippen LogP contribution is -2.37. The van der Waals surface area contributed by atoms with E-state index in [2.05, 4.69) is 24.3 Å². The highest BCUT2D eigenvalue weighted by Gasteiger charge is 2.34. The fraction of sp³-hybridized carbons (Fsp3) is 0.667. The van der Waals surface area contributed by atoms with Crippen molar-refractivity contribution in [1.82, 2.24) is 10.5 Å². The average molecular weight is 309 g/mol. The summed E-state index contributed by atoms with van der Waals surface area (Å²) in [5.41, 5.74) is 0.